The van der Waals surface area contributed by atoms with E-state index in [1.165, 1.54) is 12.4 Å². The Kier molecular flexibility index (Phi) is 15.8. The first-order valence-electron chi connectivity index (χ1n) is 16.9. The largest absolute Gasteiger partial charge is 2.00 e. The molecule has 17 heteroatoms. The van der Waals surface area contributed by atoms with Gasteiger partial charge in [0.1, 0.15) is 0 Å². The molecule has 55 heavy (non-hydrogen) atoms. The van der Waals surface area contributed by atoms with Crippen molar-refractivity contribution in [1.82, 2.24) is 0 Å². The Hall–Kier alpha value is -6.06. The van der Waals surface area contributed by atoms with Crippen molar-refractivity contribution in [2.75, 3.05) is 0 Å². The fraction of sp³-hybridized carbons (Fsp3) is 0.316. The van der Waals surface area contributed by atoms with Crippen molar-refractivity contribution >= 4 is 46.6 Å². The SMILES string of the molecule is CC(C)c1cccc(C(C)C)c1N=Cc1cc([N+](=O)[O-])cc([N+](=O)[O-])c1[O-].CC(C)c1cccc(C(C)C)c1N=Cc1cc([N+](=O)[O-])cc([N+](=O)[O-])c1[O-].[Cu+2]. The van der Waals surface area contributed by atoms with Crippen LogP contribution < -0.4 is 10.2 Å². The monoisotopic (exact) mass is 803 g/mol. The molecule has 0 spiro atoms. The van der Waals surface area contributed by atoms with Gasteiger partial charge in [-0.3, -0.25) is 50.4 Å². The zero-order valence-corrected chi connectivity index (χ0v) is 32.2. The molecule has 0 saturated carbocycles. The van der Waals surface area contributed by atoms with Crippen molar-refractivity contribution in [3.63, 3.8) is 0 Å². The molecule has 16 nitrogen and oxygen atoms in total. The third kappa shape index (κ3) is 11.0. The molecule has 0 aliphatic heterocycles. The standard InChI is InChI=1S/2C19H21N3O5.Cu/c2*1-11(2)15-6-5-7-16(12(3)4)18(15)20-10-13-8-14(21(24)25)9-17(19(13)23)22(26)27;/h2*5-12,23H,1-4H3;/q;;+2/p-2. The summed E-state index contributed by atoms with van der Waals surface area (Å²) in [5, 5.41) is 68.7. The Labute approximate surface area is 327 Å². The number of aliphatic imine (C=N–C) groups is 2. The van der Waals surface area contributed by atoms with Gasteiger partial charge in [0.2, 0.25) is 0 Å². The second-order valence-corrected chi connectivity index (χ2v) is 13.5. The van der Waals surface area contributed by atoms with Crippen LogP contribution in [0, 0.1) is 40.5 Å². The maximum atomic E-state index is 12.3. The fourth-order valence-electron chi connectivity index (χ4n) is 5.50. The van der Waals surface area contributed by atoms with Gasteiger partial charge in [0, 0.05) is 24.6 Å². The Balaban J connectivity index is 0.000000373. The molecular formula is C38H40CuN6O10. The summed E-state index contributed by atoms with van der Waals surface area (Å²) in [6, 6.07) is 14.9. The van der Waals surface area contributed by atoms with Gasteiger partial charge in [-0.25, -0.2) is 0 Å². The van der Waals surface area contributed by atoms with Gasteiger partial charge < -0.3 is 10.2 Å². The summed E-state index contributed by atoms with van der Waals surface area (Å²) in [5.74, 6) is -1.13. The van der Waals surface area contributed by atoms with Gasteiger partial charge in [-0.15, -0.1) is 0 Å². The number of nitrogens with zero attached hydrogens (tertiary/aromatic N) is 6. The van der Waals surface area contributed by atoms with Gasteiger partial charge in [-0.2, -0.15) is 0 Å². The molecule has 1 radical (unpaired) electrons. The van der Waals surface area contributed by atoms with E-state index in [0.717, 1.165) is 34.4 Å². The smallest absolute Gasteiger partial charge is 0.867 e. The Morgan fingerprint density at radius 2 is 0.764 bits per heavy atom. The number of non-ortho nitro benzene ring substituents is 2. The Morgan fingerprint density at radius 1 is 0.491 bits per heavy atom. The van der Waals surface area contributed by atoms with Crippen molar-refractivity contribution < 1.29 is 47.0 Å². The minimum atomic E-state index is -0.922. The molecule has 0 aliphatic carbocycles. The minimum absolute atomic E-state index is 0. The van der Waals surface area contributed by atoms with Crippen molar-refractivity contribution in [3.05, 3.63) is 135 Å². The molecular weight excluding hydrogens is 764 g/mol. The summed E-state index contributed by atoms with van der Waals surface area (Å²) >= 11 is 0. The number of para-hydroxylation sites is 2. The molecule has 0 N–H and O–H groups in total. The van der Waals surface area contributed by atoms with Gasteiger partial charge in [0.05, 0.1) is 43.2 Å². The zero-order valence-electron chi connectivity index (χ0n) is 31.3. The average Bonchev–Trinajstić information content (AvgIpc) is 3.09. The Morgan fingerprint density at radius 3 is 0.982 bits per heavy atom. The molecule has 0 unspecified atom stereocenters. The fourth-order valence-corrected chi connectivity index (χ4v) is 5.50. The van der Waals surface area contributed by atoms with Crippen LogP contribution in [0.5, 0.6) is 11.5 Å². The summed E-state index contributed by atoms with van der Waals surface area (Å²) in [4.78, 5) is 49.6. The number of nitro benzene ring substituents is 4. The number of hydrogen-bond acceptors (Lipinski definition) is 12. The summed E-state index contributed by atoms with van der Waals surface area (Å²) in [7, 11) is 0. The molecule has 4 aromatic rings. The molecule has 0 bridgehead atoms. The number of rotatable bonds is 12. The van der Waals surface area contributed by atoms with Crippen molar-refractivity contribution in [1.29, 1.82) is 0 Å². The van der Waals surface area contributed by atoms with Crippen molar-refractivity contribution in [2.24, 2.45) is 9.98 Å². The maximum Gasteiger partial charge on any atom is 2.00 e. The van der Waals surface area contributed by atoms with Crippen LogP contribution >= 0.6 is 0 Å². The quantitative estimate of drug-likeness (QED) is 0.0568. The van der Waals surface area contributed by atoms with E-state index in [4.69, 9.17) is 0 Å². The van der Waals surface area contributed by atoms with Crippen LogP contribution in [0.25, 0.3) is 0 Å². The van der Waals surface area contributed by atoms with Gasteiger partial charge in [-0.05, 0) is 68.6 Å². The van der Waals surface area contributed by atoms with Gasteiger partial charge in [0.25, 0.3) is 22.7 Å². The van der Waals surface area contributed by atoms with E-state index in [-0.39, 0.29) is 51.9 Å². The molecule has 0 fully saturated rings. The number of nitro groups is 4. The molecule has 293 valence electrons. The van der Waals surface area contributed by atoms with Crippen LogP contribution in [0.3, 0.4) is 0 Å². The van der Waals surface area contributed by atoms with E-state index in [1.807, 2.05) is 91.8 Å². The van der Waals surface area contributed by atoms with E-state index in [1.54, 1.807) is 0 Å². The van der Waals surface area contributed by atoms with Crippen LogP contribution in [0.1, 0.15) is 112 Å². The second kappa shape index (κ2) is 19.3. The van der Waals surface area contributed by atoms with Gasteiger partial charge in [0.15, 0.2) is 0 Å². The first-order valence-corrected chi connectivity index (χ1v) is 16.9. The molecule has 0 aliphatic rings. The second-order valence-electron chi connectivity index (χ2n) is 13.5. The van der Waals surface area contributed by atoms with Crippen molar-refractivity contribution in [2.45, 2.75) is 79.1 Å². The third-order valence-electron chi connectivity index (χ3n) is 8.33. The van der Waals surface area contributed by atoms with Crippen LogP contribution in [0.15, 0.2) is 70.6 Å². The van der Waals surface area contributed by atoms with Gasteiger partial charge >= 0.3 is 17.1 Å². The topological polar surface area (TPSA) is 243 Å². The summed E-state index contributed by atoms with van der Waals surface area (Å²) in [6.07, 6.45) is 2.35. The normalized spacial score (nSPS) is 11.3. The molecule has 0 saturated heterocycles. The van der Waals surface area contributed by atoms with Crippen LogP contribution in [0.2, 0.25) is 0 Å². The maximum absolute atomic E-state index is 12.3. The van der Waals surface area contributed by atoms with Crippen LogP contribution in [-0.4, -0.2) is 32.1 Å². The molecule has 0 atom stereocenters. The first-order chi connectivity index (χ1) is 25.3. The van der Waals surface area contributed by atoms with E-state index >= 15 is 0 Å². The van der Waals surface area contributed by atoms with E-state index in [0.29, 0.717) is 23.5 Å². The molecule has 4 aromatic carbocycles. The van der Waals surface area contributed by atoms with Crippen molar-refractivity contribution in [3.8, 4) is 11.5 Å². The summed E-state index contributed by atoms with van der Waals surface area (Å²) in [6.45, 7) is 16.1. The van der Waals surface area contributed by atoms with Gasteiger partial charge in [-0.1, -0.05) is 91.8 Å². The summed E-state index contributed by atoms with van der Waals surface area (Å²) in [5.41, 5.74) is 2.09. The first kappa shape index (κ1) is 45.1. The van der Waals surface area contributed by atoms with E-state index in [9.17, 15) is 50.7 Å². The molecule has 0 aromatic heterocycles. The average molecular weight is 804 g/mol. The predicted molar refractivity (Wildman–Crippen MR) is 202 cm³/mol. The van der Waals surface area contributed by atoms with E-state index in [2.05, 4.69) is 9.98 Å². The minimum Gasteiger partial charge on any atom is -0.867 e. The zero-order chi connectivity index (χ0) is 40.6. The number of benzene rings is 4. The summed E-state index contributed by atoms with van der Waals surface area (Å²) < 4.78 is 0. The van der Waals surface area contributed by atoms with Crippen LogP contribution in [-0.2, 0) is 17.1 Å². The molecule has 0 amide bonds. The molecule has 4 rings (SSSR count). The number of hydrogen-bond donors (Lipinski definition) is 0. The predicted octanol–water partition coefficient (Wildman–Crippen LogP) is 9.15. The van der Waals surface area contributed by atoms with E-state index < -0.39 is 53.9 Å². The molecule has 0 heterocycles. The third-order valence-corrected chi connectivity index (χ3v) is 8.33. The Bertz CT molecular complexity index is 1950. The van der Waals surface area contributed by atoms with Crippen LogP contribution in [0.4, 0.5) is 34.1 Å².